The molecule has 1 N–H and O–H groups in total. The number of nitrogens with zero attached hydrogens (tertiary/aromatic N) is 2. The minimum atomic E-state index is 0.214. The van der Waals surface area contributed by atoms with Crippen molar-refractivity contribution in [2.24, 2.45) is 5.92 Å². The van der Waals surface area contributed by atoms with Crippen molar-refractivity contribution in [1.82, 2.24) is 9.80 Å². The smallest absolute Gasteiger partial charge is 0.225 e. The predicted octanol–water partition coefficient (Wildman–Crippen LogP) is 2.88. The molecule has 2 fully saturated rings. The molecular formula is C21H32N2O2. The first-order valence-corrected chi connectivity index (χ1v) is 9.91. The van der Waals surface area contributed by atoms with Crippen LogP contribution in [0, 0.1) is 5.92 Å². The van der Waals surface area contributed by atoms with Crippen molar-refractivity contribution in [3.05, 3.63) is 35.9 Å². The summed E-state index contributed by atoms with van der Waals surface area (Å²) in [6.07, 6.45) is 5.26. The molecule has 1 aromatic rings. The molecule has 1 aromatic carbocycles. The fourth-order valence-corrected chi connectivity index (χ4v) is 4.47. The van der Waals surface area contributed by atoms with E-state index >= 15 is 0 Å². The molecule has 0 bridgehead atoms. The van der Waals surface area contributed by atoms with Crippen molar-refractivity contribution < 1.29 is 9.90 Å². The molecule has 1 aliphatic carbocycles. The van der Waals surface area contributed by atoms with Crippen molar-refractivity contribution in [2.45, 2.75) is 51.0 Å². The minimum Gasteiger partial charge on any atom is -0.395 e. The summed E-state index contributed by atoms with van der Waals surface area (Å²) in [6.45, 7) is 5.74. The van der Waals surface area contributed by atoms with Crippen LogP contribution >= 0.6 is 0 Å². The molecule has 0 radical (unpaired) electrons. The van der Waals surface area contributed by atoms with Gasteiger partial charge in [0.2, 0.25) is 5.91 Å². The summed E-state index contributed by atoms with van der Waals surface area (Å²) in [5.41, 5.74) is 1.43. The van der Waals surface area contributed by atoms with Gasteiger partial charge in [-0.1, -0.05) is 37.3 Å². The van der Waals surface area contributed by atoms with Crippen LogP contribution in [0.15, 0.2) is 30.3 Å². The van der Waals surface area contributed by atoms with Crippen molar-refractivity contribution in [3.8, 4) is 0 Å². The molecule has 2 aliphatic rings. The average molecular weight is 344 g/mol. The van der Waals surface area contributed by atoms with Crippen LogP contribution in [0.5, 0.6) is 0 Å². The van der Waals surface area contributed by atoms with Crippen LogP contribution in [0.1, 0.15) is 50.5 Å². The maximum Gasteiger partial charge on any atom is 0.225 e. The van der Waals surface area contributed by atoms with Gasteiger partial charge >= 0.3 is 0 Å². The van der Waals surface area contributed by atoms with Crippen LogP contribution in [-0.4, -0.2) is 59.6 Å². The number of hydrogen-bond acceptors (Lipinski definition) is 3. The first kappa shape index (κ1) is 18.4. The van der Waals surface area contributed by atoms with Gasteiger partial charge in [0, 0.05) is 38.1 Å². The van der Waals surface area contributed by atoms with E-state index in [1.165, 1.54) is 5.56 Å². The summed E-state index contributed by atoms with van der Waals surface area (Å²) in [5, 5.41) is 9.45. The summed E-state index contributed by atoms with van der Waals surface area (Å²) in [7, 11) is 0. The number of benzene rings is 1. The van der Waals surface area contributed by atoms with E-state index in [4.69, 9.17) is 0 Å². The van der Waals surface area contributed by atoms with Gasteiger partial charge in [-0.3, -0.25) is 9.69 Å². The molecule has 0 aromatic heterocycles. The van der Waals surface area contributed by atoms with Gasteiger partial charge in [0.25, 0.3) is 0 Å². The topological polar surface area (TPSA) is 43.8 Å². The van der Waals surface area contributed by atoms with Crippen molar-refractivity contribution in [3.63, 3.8) is 0 Å². The zero-order valence-corrected chi connectivity index (χ0v) is 15.4. The third-order valence-corrected chi connectivity index (χ3v) is 6.17. The Morgan fingerprint density at radius 3 is 2.28 bits per heavy atom. The summed E-state index contributed by atoms with van der Waals surface area (Å²) >= 11 is 0. The van der Waals surface area contributed by atoms with Crippen LogP contribution in [0.3, 0.4) is 0 Å². The maximum absolute atomic E-state index is 12.9. The van der Waals surface area contributed by atoms with Crippen LogP contribution in [0.25, 0.3) is 0 Å². The lowest BCUT2D eigenvalue weighted by Crippen LogP contribution is -2.54. The zero-order chi connectivity index (χ0) is 17.6. The van der Waals surface area contributed by atoms with Crippen LogP contribution in [0.4, 0.5) is 0 Å². The lowest BCUT2D eigenvalue weighted by atomic mass is 9.78. The fourth-order valence-electron chi connectivity index (χ4n) is 4.47. The van der Waals surface area contributed by atoms with E-state index in [0.717, 1.165) is 58.3 Å². The highest BCUT2D eigenvalue weighted by Crippen LogP contribution is 2.36. The van der Waals surface area contributed by atoms with Gasteiger partial charge in [-0.2, -0.15) is 0 Å². The van der Waals surface area contributed by atoms with Gasteiger partial charge in [-0.15, -0.1) is 0 Å². The van der Waals surface area contributed by atoms with Crippen molar-refractivity contribution in [1.29, 1.82) is 0 Å². The van der Waals surface area contributed by atoms with Crippen LogP contribution in [0.2, 0.25) is 0 Å². The highest BCUT2D eigenvalue weighted by molar-refractivity contribution is 5.79. The highest BCUT2D eigenvalue weighted by atomic mass is 16.3. The van der Waals surface area contributed by atoms with Gasteiger partial charge in [-0.25, -0.2) is 0 Å². The summed E-state index contributed by atoms with van der Waals surface area (Å²) in [6, 6.07) is 11.0. The SMILES string of the molecule is CCC(CO)N1CCN(C(=O)C2CCC(c3ccccc3)CC2)CC1. The maximum atomic E-state index is 12.9. The van der Waals surface area contributed by atoms with Gasteiger partial charge in [0.15, 0.2) is 0 Å². The second-order valence-corrected chi connectivity index (χ2v) is 7.57. The Morgan fingerprint density at radius 1 is 1.08 bits per heavy atom. The number of carbonyl (C=O) groups is 1. The first-order chi connectivity index (χ1) is 12.2. The van der Waals surface area contributed by atoms with Crippen LogP contribution in [-0.2, 0) is 4.79 Å². The van der Waals surface area contributed by atoms with Crippen molar-refractivity contribution in [2.75, 3.05) is 32.8 Å². The molecule has 4 nitrogen and oxygen atoms in total. The third-order valence-electron chi connectivity index (χ3n) is 6.17. The normalized spacial score (nSPS) is 26.4. The van der Waals surface area contributed by atoms with E-state index in [1.54, 1.807) is 0 Å². The largest absolute Gasteiger partial charge is 0.395 e. The van der Waals surface area contributed by atoms with Gasteiger partial charge in [-0.05, 0) is 43.6 Å². The molecule has 1 unspecified atom stereocenters. The molecular weight excluding hydrogens is 312 g/mol. The van der Waals surface area contributed by atoms with Gasteiger partial charge in [0.1, 0.15) is 0 Å². The summed E-state index contributed by atoms with van der Waals surface area (Å²) in [5.74, 6) is 1.20. The second-order valence-electron chi connectivity index (χ2n) is 7.57. The van der Waals surface area contributed by atoms with Gasteiger partial charge in [0.05, 0.1) is 6.61 Å². The minimum absolute atomic E-state index is 0.214. The number of piperazine rings is 1. The summed E-state index contributed by atoms with van der Waals surface area (Å²) in [4.78, 5) is 17.3. The number of aliphatic hydroxyl groups excluding tert-OH is 1. The van der Waals surface area contributed by atoms with Crippen molar-refractivity contribution >= 4 is 5.91 Å². The third kappa shape index (κ3) is 4.42. The van der Waals surface area contributed by atoms with E-state index < -0.39 is 0 Å². The second kappa shape index (κ2) is 8.81. The fraction of sp³-hybridized carbons (Fsp3) is 0.667. The van der Waals surface area contributed by atoms with Gasteiger partial charge < -0.3 is 10.0 Å². The molecule has 1 heterocycles. The predicted molar refractivity (Wildman–Crippen MR) is 100 cm³/mol. The first-order valence-electron chi connectivity index (χ1n) is 9.91. The van der Waals surface area contributed by atoms with E-state index in [2.05, 4.69) is 47.1 Å². The number of aliphatic hydroxyl groups is 1. The molecule has 4 heteroatoms. The van der Waals surface area contributed by atoms with E-state index in [1.807, 2.05) is 0 Å². The molecule has 3 rings (SSSR count). The van der Waals surface area contributed by atoms with E-state index in [9.17, 15) is 9.90 Å². The molecule has 1 saturated heterocycles. The molecule has 0 spiro atoms. The Kier molecular flexibility index (Phi) is 6.49. The molecule has 1 atom stereocenters. The number of carbonyl (C=O) groups excluding carboxylic acids is 1. The Labute approximate surface area is 151 Å². The zero-order valence-electron chi connectivity index (χ0n) is 15.4. The Hall–Kier alpha value is -1.39. The van der Waals surface area contributed by atoms with Crippen LogP contribution < -0.4 is 0 Å². The molecule has 138 valence electrons. The Balaban J connectivity index is 1.47. The summed E-state index contributed by atoms with van der Waals surface area (Å²) < 4.78 is 0. The monoisotopic (exact) mass is 344 g/mol. The molecule has 1 aliphatic heterocycles. The van der Waals surface area contributed by atoms with E-state index in [0.29, 0.717) is 11.8 Å². The molecule has 1 saturated carbocycles. The van der Waals surface area contributed by atoms with E-state index in [-0.39, 0.29) is 18.6 Å². The lowest BCUT2D eigenvalue weighted by molar-refractivity contribution is -0.138. The average Bonchev–Trinajstić information content (AvgIpc) is 2.70. The molecule has 25 heavy (non-hydrogen) atoms. The lowest BCUT2D eigenvalue weighted by Gasteiger charge is -2.40. The number of rotatable bonds is 5. The highest BCUT2D eigenvalue weighted by Gasteiger charge is 2.32. The number of amides is 1. The Bertz CT molecular complexity index is 528. The standard InChI is InChI=1S/C21H32N2O2/c1-2-20(16-24)22-12-14-23(15-13-22)21(25)19-10-8-18(9-11-19)17-6-4-3-5-7-17/h3-7,18-20,24H,2,8-16H2,1H3. The quantitative estimate of drug-likeness (QED) is 0.893. The Morgan fingerprint density at radius 2 is 1.72 bits per heavy atom. The molecule has 1 amide bonds. The number of hydrogen-bond donors (Lipinski definition) is 1.